The number of amides is 1. The number of halogens is 2. The van der Waals surface area contributed by atoms with Gasteiger partial charge in [-0.05, 0) is 25.5 Å². The van der Waals surface area contributed by atoms with Crippen LogP contribution in [0.1, 0.15) is 23.7 Å². The molecule has 1 heterocycles. The van der Waals surface area contributed by atoms with E-state index in [0.717, 1.165) is 5.82 Å². The Morgan fingerprint density at radius 3 is 3.05 bits per heavy atom. The Hall–Kier alpha value is -1.95. The summed E-state index contributed by atoms with van der Waals surface area (Å²) in [5, 5.41) is 10.9. The van der Waals surface area contributed by atoms with Crippen LogP contribution in [0.25, 0.3) is 0 Å². The number of aromatic nitrogens is 3. The van der Waals surface area contributed by atoms with E-state index in [-0.39, 0.29) is 23.6 Å². The minimum Gasteiger partial charge on any atom is -0.354 e. The van der Waals surface area contributed by atoms with Gasteiger partial charge in [-0.25, -0.2) is 4.39 Å². The third-order valence-electron chi connectivity index (χ3n) is 3.96. The second kappa shape index (κ2) is 6.04. The summed E-state index contributed by atoms with van der Waals surface area (Å²) in [6, 6.07) is 4.60. The topological polar surface area (TPSA) is 59.8 Å². The fourth-order valence-corrected chi connectivity index (χ4v) is 2.93. The third-order valence-corrected chi connectivity index (χ3v) is 4.29. The number of hydrogen-bond acceptors (Lipinski definition) is 3. The Morgan fingerprint density at radius 1 is 1.55 bits per heavy atom. The van der Waals surface area contributed by atoms with Crippen LogP contribution < -0.4 is 5.32 Å². The van der Waals surface area contributed by atoms with Crippen molar-refractivity contribution in [2.75, 3.05) is 6.54 Å². The van der Waals surface area contributed by atoms with E-state index in [1.807, 2.05) is 11.5 Å². The standard InChI is InChI=1S/C15H16ClFN4O/c1-9-20-19-8-21(9)6-5-18-15(22)11-7-10(11)14-12(16)3-2-4-13(14)17/h2-4,8,10-11H,5-7H2,1H3,(H,18,22). The molecular formula is C15H16ClFN4O. The van der Waals surface area contributed by atoms with Gasteiger partial charge in [0.05, 0.1) is 0 Å². The molecule has 0 radical (unpaired) electrons. The van der Waals surface area contributed by atoms with Gasteiger partial charge >= 0.3 is 0 Å². The van der Waals surface area contributed by atoms with Gasteiger partial charge in [-0.3, -0.25) is 4.79 Å². The zero-order chi connectivity index (χ0) is 15.7. The van der Waals surface area contributed by atoms with E-state index in [9.17, 15) is 9.18 Å². The van der Waals surface area contributed by atoms with E-state index in [0.29, 0.717) is 30.1 Å². The molecule has 2 unspecified atom stereocenters. The van der Waals surface area contributed by atoms with Crippen LogP contribution in [0.2, 0.25) is 5.02 Å². The predicted octanol–water partition coefficient (Wildman–Crippen LogP) is 2.30. The first-order valence-electron chi connectivity index (χ1n) is 7.14. The molecule has 1 aliphatic rings. The molecule has 22 heavy (non-hydrogen) atoms. The molecule has 1 N–H and O–H groups in total. The van der Waals surface area contributed by atoms with Crippen LogP contribution >= 0.6 is 11.6 Å². The minimum absolute atomic E-state index is 0.0601. The maximum absolute atomic E-state index is 13.8. The van der Waals surface area contributed by atoms with Crippen LogP contribution in [-0.4, -0.2) is 27.2 Å². The van der Waals surface area contributed by atoms with Crippen molar-refractivity contribution in [3.63, 3.8) is 0 Å². The molecule has 5 nitrogen and oxygen atoms in total. The van der Waals surface area contributed by atoms with Gasteiger partial charge in [0.15, 0.2) is 0 Å². The molecule has 1 aromatic heterocycles. The molecule has 3 rings (SSSR count). The van der Waals surface area contributed by atoms with E-state index in [2.05, 4.69) is 15.5 Å². The molecule has 2 aromatic rings. The van der Waals surface area contributed by atoms with E-state index in [1.54, 1.807) is 18.5 Å². The average Bonchev–Trinajstić information content (AvgIpc) is 3.15. The smallest absolute Gasteiger partial charge is 0.223 e. The van der Waals surface area contributed by atoms with Gasteiger partial charge in [0.2, 0.25) is 5.91 Å². The lowest BCUT2D eigenvalue weighted by molar-refractivity contribution is -0.122. The van der Waals surface area contributed by atoms with E-state index < -0.39 is 0 Å². The summed E-state index contributed by atoms with van der Waals surface area (Å²) >= 11 is 6.03. The zero-order valence-corrected chi connectivity index (χ0v) is 12.8. The van der Waals surface area contributed by atoms with Crippen LogP contribution in [-0.2, 0) is 11.3 Å². The Morgan fingerprint density at radius 2 is 2.36 bits per heavy atom. The lowest BCUT2D eigenvalue weighted by atomic mass is 10.1. The lowest BCUT2D eigenvalue weighted by Gasteiger charge is -2.07. The summed E-state index contributed by atoms with van der Waals surface area (Å²) in [6.07, 6.45) is 2.26. The van der Waals surface area contributed by atoms with Crippen LogP contribution in [0.5, 0.6) is 0 Å². The molecule has 7 heteroatoms. The van der Waals surface area contributed by atoms with Gasteiger partial charge in [-0.1, -0.05) is 17.7 Å². The molecule has 1 aromatic carbocycles. The molecule has 1 aliphatic carbocycles. The van der Waals surface area contributed by atoms with Crippen molar-refractivity contribution in [1.82, 2.24) is 20.1 Å². The normalized spacial score (nSPS) is 20.0. The van der Waals surface area contributed by atoms with Gasteiger partial charge in [0, 0.05) is 35.5 Å². The van der Waals surface area contributed by atoms with Crippen molar-refractivity contribution < 1.29 is 9.18 Å². The second-order valence-electron chi connectivity index (χ2n) is 5.45. The zero-order valence-electron chi connectivity index (χ0n) is 12.1. The first-order valence-corrected chi connectivity index (χ1v) is 7.51. The van der Waals surface area contributed by atoms with Gasteiger partial charge in [0.1, 0.15) is 18.0 Å². The molecule has 0 spiro atoms. The fraction of sp³-hybridized carbons (Fsp3) is 0.400. The number of rotatable bonds is 5. The van der Waals surface area contributed by atoms with Crippen molar-refractivity contribution in [3.05, 3.63) is 46.8 Å². The molecule has 0 bridgehead atoms. The van der Waals surface area contributed by atoms with Crippen LogP contribution in [0.4, 0.5) is 4.39 Å². The molecule has 116 valence electrons. The minimum atomic E-state index is -0.340. The van der Waals surface area contributed by atoms with Crippen molar-refractivity contribution in [2.45, 2.75) is 25.8 Å². The van der Waals surface area contributed by atoms with Crippen LogP contribution in [0, 0.1) is 18.7 Å². The summed E-state index contributed by atoms with van der Waals surface area (Å²) in [5.74, 6) is 0.0846. The van der Waals surface area contributed by atoms with E-state index in [4.69, 9.17) is 11.6 Å². The molecule has 0 saturated heterocycles. The van der Waals surface area contributed by atoms with Crippen molar-refractivity contribution in [1.29, 1.82) is 0 Å². The van der Waals surface area contributed by atoms with Crippen LogP contribution in [0.3, 0.4) is 0 Å². The number of carbonyl (C=O) groups is 1. The van der Waals surface area contributed by atoms with Gasteiger partial charge in [-0.15, -0.1) is 10.2 Å². The summed E-state index contributed by atoms with van der Waals surface area (Å²) in [6.45, 7) is 2.96. The van der Waals surface area contributed by atoms with E-state index >= 15 is 0 Å². The van der Waals surface area contributed by atoms with E-state index in [1.165, 1.54) is 6.07 Å². The average molecular weight is 323 g/mol. The molecular weight excluding hydrogens is 307 g/mol. The third kappa shape index (κ3) is 2.97. The quantitative estimate of drug-likeness (QED) is 0.919. The molecule has 1 amide bonds. The number of nitrogens with one attached hydrogen (secondary N) is 1. The number of hydrogen-bond donors (Lipinski definition) is 1. The molecule has 1 saturated carbocycles. The number of aryl methyl sites for hydroxylation is 1. The molecule has 0 aliphatic heterocycles. The highest BCUT2D eigenvalue weighted by Gasteiger charge is 2.46. The highest BCUT2D eigenvalue weighted by molar-refractivity contribution is 6.31. The van der Waals surface area contributed by atoms with Gasteiger partial charge in [0.25, 0.3) is 0 Å². The number of nitrogens with zero attached hydrogens (tertiary/aromatic N) is 3. The number of carbonyl (C=O) groups excluding carboxylic acids is 1. The van der Waals surface area contributed by atoms with Gasteiger partial charge < -0.3 is 9.88 Å². The summed E-state index contributed by atoms with van der Waals surface area (Å²) in [4.78, 5) is 12.1. The maximum atomic E-state index is 13.8. The largest absolute Gasteiger partial charge is 0.354 e. The number of benzene rings is 1. The van der Waals surface area contributed by atoms with Gasteiger partial charge in [-0.2, -0.15) is 0 Å². The fourth-order valence-electron chi connectivity index (χ4n) is 2.63. The SMILES string of the molecule is Cc1nncn1CCNC(=O)C1CC1c1c(F)cccc1Cl. The Kier molecular flexibility index (Phi) is 4.11. The summed E-state index contributed by atoms with van der Waals surface area (Å²) in [7, 11) is 0. The van der Waals surface area contributed by atoms with Crippen molar-refractivity contribution in [3.8, 4) is 0 Å². The summed E-state index contributed by atoms with van der Waals surface area (Å²) in [5.41, 5.74) is 0.457. The first-order chi connectivity index (χ1) is 10.6. The lowest BCUT2D eigenvalue weighted by Crippen LogP contribution is -2.29. The summed E-state index contributed by atoms with van der Waals surface area (Å²) < 4.78 is 15.7. The Balaban J connectivity index is 1.54. The monoisotopic (exact) mass is 322 g/mol. The van der Waals surface area contributed by atoms with Crippen molar-refractivity contribution >= 4 is 17.5 Å². The molecule has 2 atom stereocenters. The van der Waals surface area contributed by atoms with Crippen molar-refractivity contribution in [2.24, 2.45) is 5.92 Å². The second-order valence-corrected chi connectivity index (χ2v) is 5.85. The highest BCUT2D eigenvalue weighted by Crippen LogP contribution is 2.50. The Labute approximate surface area is 132 Å². The Bertz CT molecular complexity index is 682. The first kappa shape index (κ1) is 15.0. The maximum Gasteiger partial charge on any atom is 0.223 e. The molecule has 1 fully saturated rings. The van der Waals surface area contributed by atoms with Crippen LogP contribution in [0.15, 0.2) is 24.5 Å². The predicted molar refractivity (Wildman–Crippen MR) is 80.0 cm³/mol. The highest BCUT2D eigenvalue weighted by atomic mass is 35.5.